The Balaban J connectivity index is 1.50. The molecule has 39 heavy (non-hydrogen) atoms. The van der Waals surface area contributed by atoms with Gasteiger partial charge in [-0.25, -0.2) is 19.3 Å². The van der Waals surface area contributed by atoms with Crippen molar-refractivity contribution in [1.82, 2.24) is 24.4 Å². The summed E-state index contributed by atoms with van der Waals surface area (Å²) < 4.78 is 26.8. The zero-order valence-corrected chi connectivity index (χ0v) is 22.7. The SMILES string of the molecule is CNc1nccc(-c2c(-c3ccc(F)cc3)nc3n2C(CN(CCCOC)Cc2ccc(OC)cc2)CC3)n1. The molecule has 4 aromatic rings. The van der Waals surface area contributed by atoms with Crippen LogP contribution in [-0.2, 0) is 17.7 Å². The molecule has 1 aliphatic heterocycles. The fraction of sp³-hybridized carbons (Fsp3) is 0.367. The predicted octanol–water partition coefficient (Wildman–Crippen LogP) is 5.22. The smallest absolute Gasteiger partial charge is 0.222 e. The first-order valence-electron chi connectivity index (χ1n) is 13.3. The van der Waals surface area contributed by atoms with Crippen LogP contribution in [0.25, 0.3) is 22.6 Å². The first-order chi connectivity index (χ1) is 19.1. The number of benzene rings is 2. The third kappa shape index (κ3) is 6.10. The monoisotopic (exact) mass is 530 g/mol. The lowest BCUT2D eigenvalue weighted by molar-refractivity contribution is 0.161. The van der Waals surface area contributed by atoms with Crippen LogP contribution >= 0.6 is 0 Å². The summed E-state index contributed by atoms with van der Waals surface area (Å²) in [4.78, 5) is 16.6. The number of ether oxygens (including phenoxy) is 2. The summed E-state index contributed by atoms with van der Waals surface area (Å²) in [5, 5.41) is 3.04. The van der Waals surface area contributed by atoms with Crippen LogP contribution in [0.2, 0.25) is 0 Å². The molecule has 0 radical (unpaired) electrons. The van der Waals surface area contributed by atoms with Gasteiger partial charge in [-0.1, -0.05) is 12.1 Å². The summed E-state index contributed by atoms with van der Waals surface area (Å²) in [7, 11) is 5.23. The fourth-order valence-electron chi connectivity index (χ4n) is 5.27. The molecular weight excluding hydrogens is 495 g/mol. The maximum absolute atomic E-state index is 13.8. The highest BCUT2D eigenvalue weighted by atomic mass is 19.1. The minimum atomic E-state index is -0.269. The fourth-order valence-corrected chi connectivity index (χ4v) is 5.27. The van der Waals surface area contributed by atoms with Crippen molar-refractivity contribution in [3.8, 4) is 28.4 Å². The molecule has 204 valence electrons. The Morgan fingerprint density at radius 3 is 2.56 bits per heavy atom. The molecule has 0 aliphatic carbocycles. The summed E-state index contributed by atoms with van der Waals surface area (Å²) in [6.45, 7) is 3.32. The molecule has 0 fully saturated rings. The number of hydrogen-bond acceptors (Lipinski definition) is 7. The van der Waals surface area contributed by atoms with E-state index in [1.54, 1.807) is 39.6 Å². The van der Waals surface area contributed by atoms with Gasteiger partial charge in [-0.2, -0.15) is 0 Å². The number of nitrogens with one attached hydrogen (secondary N) is 1. The van der Waals surface area contributed by atoms with E-state index in [4.69, 9.17) is 19.4 Å². The lowest BCUT2D eigenvalue weighted by Crippen LogP contribution is -2.31. The van der Waals surface area contributed by atoms with Crippen molar-refractivity contribution in [2.75, 3.05) is 46.3 Å². The minimum absolute atomic E-state index is 0.213. The molecule has 0 saturated heterocycles. The number of hydrogen-bond donors (Lipinski definition) is 1. The number of nitrogens with zero attached hydrogens (tertiary/aromatic N) is 5. The second-order valence-electron chi connectivity index (χ2n) is 9.74. The van der Waals surface area contributed by atoms with E-state index in [1.165, 1.54) is 17.7 Å². The number of rotatable bonds is 12. The van der Waals surface area contributed by atoms with E-state index < -0.39 is 0 Å². The van der Waals surface area contributed by atoms with E-state index in [2.05, 4.69) is 31.9 Å². The van der Waals surface area contributed by atoms with Gasteiger partial charge in [0.1, 0.15) is 17.4 Å². The molecule has 2 aromatic heterocycles. The highest BCUT2D eigenvalue weighted by Gasteiger charge is 2.32. The molecule has 8 nitrogen and oxygen atoms in total. The van der Waals surface area contributed by atoms with Crippen molar-refractivity contribution in [2.24, 2.45) is 0 Å². The molecule has 9 heteroatoms. The number of anilines is 1. The average molecular weight is 531 g/mol. The van der Waals surface area contributed by atoms with Crippen LogP contribution in [0.1, 0.15) is 30.3 Å². The van der Waals surface area contributed by atoms with Crippen LogP contribution in [0.5, 0.6) is 5.75 Å². The summed E-state index contributed by atoms with van der Waals surface area (Å²) in [6, 6.07) is 16.9. The average Bonchev–Trinajstić information content (AvgIpc) is 3.54. The quantitative estimate of drug-likeness (QED) is 0.252. The number of methoxy groups -OCH3 is 2. The van der Waals surface area contributed by atoms with Gasteiger partial charge in [0.2, 0.25) is 5.95 Å². The van der Waals surface area contributed by atoms with Crippen molar-refractivity contribution >= 4 is 5.95 Å². The molecule has 0 spiro atoms. The van der Waals surface area contributed by atoms with Crippen LogP contribution in [0.4, 0.5) is 10.3 Å². The molecule has 5 rings (SSSR count). The Labute approximate surface area is 228 Å². The Kier molecular flexibility index (Phi) is 8.48. The van der Waals surface area contributed by atoms with Gasteiger partial charge in [0.25, 0.3) is 0 Å². The summed E-state index contributed by atoms with van der Waals surface area (Å²) >= 11 is 0. The standard InChI is InChI=1S/C30H35FN6O2/c1-32-30-33-16-15-26(34-30)29-28(22-7-9-23(31)10-8-22)35-27-14-11-24(37(27)29)20-36(17-4-18-38-2)19-21-5-12-25(39-3)13-6-21/h5-10,12-13,15-16,24H,4,11,14,17-20H2,1-3H3,(H,32,33,34). The molecule has 1 unspecified atom stereocenters. The maximum atomic E-state index is 13.8. The minimum Gasteiger partial charge on any atom is -0.497 e. The van der Waals surface area contributed by atoms with E-state index in [9.17, 15) is 4.39 Å². The van der Waals surface area contributed by atoms with Crippen molar-refractivity contribution in [3.63, 3.8) is 0 Å². The highest BCUT2D eigenvalue weighted by molar-refractivity contribution is 5.78. The molecular formula is C30H35FN6O2. The molecule has 0 bridgehead atoms. The van der Waals surface area contributed by atoms with Gasteiger partial charge in [-0.15, -0.1) is 0 Å². The van der Waals surface area contributed by atoms with Crippen LogP contribution in [0, 0.1) is 5.82 Å². The lowest BCUT2D eigenvalue weighted by Gasteiger charge is -2.27. The van der Waals surface area contributed by atoms with Gasteiger partial charge in [-0.05, 0) is 60.9 Å². The van der Waals surface area contributed by atoms with Gasteiger partial charge in [0, 0.05) is 64.6 Å². The molecule has 3 heterocycles. The van der Waals surface area contributed by atoms with Gasteiger partial charge in [0.05, 0.1) is 24.2 Å². The third-order valence-electron chi connectivity index (χ3n) is 7.15. The van der Waals surface area contributed by atoms with E-state index in [-0.39, 0.29) is 11.9 Å². The number of aryl methyl sites for hydroxylation is 1. The maximum Gasteiger partial charge on any atom is 0.222 e. The molecule has 1 aliphatic rings. The van der Waals surface area contributed by atoms with Crippen LogP contribution < -0.4 is 10.1 Å². The van der Waals surface area contributed by atoms with Crippen molar-refractivity contribution in [2.45, 2.75) is 31.8 Å². The van der Waals surface area contributed by atoms with Crippen LogP contribution in [0.3, 0.4) is 0 Å². The lowest BCUT2D eigenvalue weighted by atomic mass is 10.1. The second-order valence-corrected chi connectivity index (χ2v) is 9.74. The second kappa shape index (κ2) is 12.4. The van der Waals surface area contributed by atoms with Gasteiger partial charge < -0.3 is 19.4 Å². The molecule has 0 saturated carbocycles. The summed E-state index contributed by atoms with van der Waals surface area (Å²) in [6.07, 6.45) is 4.57. The van der Waals surface area contributed by atoms with Gasteiger partial charge >= 0.3 is 0 Å². The molecule has 1 atom stereocenters. The molecule has 0 amide bonds. The van der Waals surface area contributed by atoms with E-state index >= 15 is 0 Å². The van der Waals surface area contributed by atoms with Crippen molar-refractivity contribution in [3.05, 3.63) is 78.0 Å². The zero-order valence-electron chi connectivity index (χ0n) is 22.7. The number of aromatic nitrogens is 4. The van der Waals surface area contributed by atoms with E-state index in [0.29, 0.717) is 12.6 Å². The first-order valence-corrected chi connectivity index (χ1v) is 13.3. The third-order valence-corrected chi connectivity index (χ3v) is 7.15. The highest BCUT2D eigenvalue weighted by Crippen LogP contribution is 2.39. The number of imidazole rings is 1. The normalized spacial score (nSPS) is 14.5. The first kappa shape index (κ1) is 26.8. The largest absolute Gasteiger partial charge is 0.497 e. The zero-order chi connectivity index (χ0) is 27.2. The Bertz CT molecular complexity index is 1370. The van der Waals surface area contributed by atoms with E-state index in [0.717, 1.165) is 73.1 Å². The molecule has 2 aromatic carbocycles. The predicted molar refractivity (Wildman–Crippen MR) is 150 cm³/mol. The summed E-state index contributed by atoms with van der Waals surface area (Å²) in [5.41, 5.74) is 4.65. The molecule has 1 N–H and O–H groups in total. The van der Waals surface area contributed by atoms with Gasteiger partial charge in [-0.3, -0.25) is 4.90 Å². The topological polar surface area (TPSA) is 77.3 Å². The van der Waals surface area contributed by atoms with Crippen molar-refractivity contribution in [1.29, 1.82) is 0 Å². The Hall–Kier alpha value is -3.82. The Morgan fingerprint density at radius 2 is 1.85 bits per heavy atom. The van der Waals surface area contributed by atoms with Crippen molar-refractivity contribution < 1.29 is 13.9 Å². The number of halogens is 1. The van der Waals surface area contributed by atoms with E-state index in [1.807, 2.05) is 18.2 Å². The van der Waals surface area contributed by atoms with Crippen LogP contribution in [0.15, 0.2) is 60.8 Å². The van der Waals surface area contributed by atoms with Crippen LogP contribution in [-0.4, -0.2) is 65.4 Å². The summed E-state index contributed by atoms with van der Waals surface area (Å²) in [5.74, 6) is 2.16. The number of fused-ring (bicyclic) bond motifs is 1. The van der Waals surface area contributed by atoms with Gasteiger partial charge in [0.15, 0.2) is 0 Å². The Morgan fingerprint density at radius 1 is 1.05 bits per heavy atom.